The van der Waals surface area contributed by atoms with E-state index in [1.165, 1.54) is 0 Å². The van der Waals surface area contributed by atoms with Gasteiger partial charge in [-0.15, -0.1) is 5.92 Å². The quantitative estimate of drug-likeness (QED) is 0.277. The highest BCUT2D eigenvalue weighted by atomic mass is 16.7. The fourth-order valence-electron chi connectivity index (χ4n) is 4.33. The number of para-hydroxylation sites is 1. The van der Waals surface area contributed by atoms with E-state index in [2.05, 4.69) is 16.8 Å². The van der Waals surface area contributed by atoms with E-state index < -0.39 is 6.16 Å². The second-order valence-electron chi connectivity index (χ2n) is 8.22. The van der Waals surface area contributed by atoms with E-state index in [0.717, 1.165) is 27.9 Å². The Balaban J connectivity index is 1.70. The normalized spacial score (nSPS) is 15.0. The molecule has 0 amide bonds. The van der Waals surface area contributed by atoms with Gasteiger partial charge in [-0.05, 0) is 73.9 Å². The van der Waals surface area contributed by atoms with E-state index >= 15 is 0 Å². The van der Waals surface area contributed by atoms with E-state index in [9.17, 15) is 9.59 Å². The monoisotopic (exact) mass is 451 g/mol. The first kappa shape index (κ1) is 23.0. The maximum atomic E-state index is 13.6. The number of rotatable bonds is 5. The molecule has 34 heavy (non-hydrogen) atoms. The van der Waals surface area contributed by atoms with Crippen LogP contribution in [0.2, 0.25) is 0 Å². The summed E-state index contributed by atoms with van der Waals surface area (Å²) in [4.78, 5) is 30.6. The van der Waals surface area contributed by atoms with Crippen molar-refractivity contribution in [3.8, 4) is 17.6 Å². The van der Waals surface area contributed by atoms with Crippen molar-refractivity contribution >= 4 is 17.5 Å². The van der Waals surface area contributed by atoms with Gasteiger partial charge in [0.25, 0.3) is 0 Å². The summed E-state index contributed by atoms with van der Waals surface area (Å²) in [7, 11) is 0. The molecule has 0 radical (unpaired) electrons. The standard InChI is InChI=1S/C29H25NO4/c1-4-10-21-15-19(2)26(20(3)16-21)27-25(34-29(32)33-24-12-6-5-7-13-24)18-22(28(27)31)17-23-11-8-9-14-30-23/h5-9,11-16,22H,17-18H2,1-3H3. The molecule has 0 fully saturated rings. The fraction of sp³-hybridized carbons (Fsp3) is 0.207. The first-order valence-electron chi connectivity index (χ1n) is 11.1. The topological polar surface area (TPSA) is 65.5 Å². The minimum absolute atomic E-state index is 0.0614. The summed E-state index contributed by atoms with van der Waals surface area (Å²) in [5.41, 5.74) is 4.70. The van der Waals surface area contributed by atoms with Crippen LogP contribution in [0.1, 0.15) is 41.3 Å². The second-order valence-corrected chi connectivity index (χ2v) is 8.22. The predicted molar refractivity (Wildman–Crippen MR) is 130 cm³/mol. The van der Waals surface area contributed by atoms with Crippen LogP contribution in [0.5, 0.6) is 5.75 Å². The third-order valence-electron chi connectivity index (χ3n) is 5.71. The molecule has 0 spiro atoms. The number of aromatic nitrogens is 1. The van der Waals surface area contributed by atoms with E-state index in [4.69, 9.17) is 9.47 Å². The summed E-state index contributed by atoms with van der Waals surface area (Å²) in [6, 6.07) is 18.2. The summed E-state index contributed by atoms with van der Waals surface area (Å²) in [6.07, 6.45) is 1.60. The predicted octanol–water partition coefficient (Wildman–Crippen LogP) is 5.83. The van der Waals surface area contributed by atoms with Gasteiger partial charge < -0.3 is 9.47 Å². The van der Waals surface area contributed by atoms with Gasteiger partial charge in [-0.1, -0.05) is 30.2 Å². The first-order chi connectivity index (χ1) is 16.5. The number of carbonyl (C=O) groups is 2. The lowest BCUT2D eigenvalue weighted by molar-refractivity contribution is -0.116. The van der Waals surface area contributed by atoms with Crippen LogP contribution in [0.3, 0.4) is 0 Å². The molecule has 1 aromatic heterocycles. The summed E-state index contributed by atoms with van der Waals surface area (Å²) in [5, 5.41) is 0. The molecule has 3 aromatic rings. The van der Waals surface area contributed by atoms with Gasteiger partial charge in [0.2, 0.25) is 0 Å². The highest BCUT2D eigenvalue weighted by Crippen LogP contribution is 2.40. The van der Waals surface area contributed by atoms with Crippen molar-refractivity contribution in [1.82, 2.24) is 4.98 Å². The number of aryl methyl sites for hydroxylation is 2. The maximum absolute atomic E-state index is 13.6. The van der Waals surface area contributed by atoms with E-state index in [0.29, 0.717) is 29.9 Å². The minimum Gasteiger partial charge on any atom is -0.398 e. The Kier molecular flexibility index (Phi) is 6.89. The SMILES string of the molecule is CC#Cc1cc(C)c(C2=C(OC(=O)Oc3ccccc3)CC(Cc3ccccn3)C2=O)c(C)c1. The number of ketones is 1. The molecule has 1 aliphatic rings. The molecule has 0 saturated heterocycles. The Morgan fingerprint density at radius 1 is 1.03 bits per heavy atom. The lowest BCUT2D eigenvalue weighted by Crippen LogP contribution is -2.14. The fourth-order valence-corrected chi connectivity index (χ4v) is 4.33. The lowest BCUT2D eigenvalue weighted by atomic mass is 9.89. The molecule has 1 heterocycles. The Bertz CT molecular complexity index is 1290. The van der Waals surface area contributed by atoms with Gasteiger partial charge in [0, 0.05) is 36.2 Å². The highest BCUT2D eigenvalue weighted by molar-refractivity contribution is 6.25. The van der Waals surface area contributed by atoms with E-state index in [-0.39, 0.29) is 11.7 Å². The molecule has 0 saturated carbocycles. The minimum atomic E-state index is -0.867. The lowest BCUT2D eigenvalue weighted by Gasteiger charge is -2.14. The average molecular weight is 452 g/mol. The first-order valence-corrected chi connectivity index (χ1v) is 11.1. The zero-order valence-corrected chi connectivity index (χ0v) is 19.4. The Morgan fingerprint density at radius 3 is 2.38 bits per heavy atom. The van der Waals surface area contributed by atoms with Crippen molar-refractivity contribution in [1.29, 1.82) is 0 Å². The molecular weight excluding hydrogens is 426 g/mol. The molecule has 5 heteroatoms. The van der Waals surface area contributed by atoms with Crippen LogP contribution in [0.4, 0.5) is 4.79 Å². The Morgan fingerprint density at radius 2 is 1.74 bits per heavy atom. The van der Waals surface area contributed by atoms with E-state index in [1.807, 2.05) is 50.2 Å². The molecule has 170 valence electrons. The summed E-state index contributed by atoms with van der Waals surface area (Å²) in [5.74, 6) is 6.23. The Labute approximate surface area is 199 Å². The molecule has 1 aliphatic carbocycles. The summed E-state index contributed by atoms with van der Waals surface area (Å²) >= 11 is 0. The number of Topliss-reactive ketones (excluding diaryl/α,β-unsaturated/α-hetero) is 1. The number of hydrogen-bond acceptors (Lipinski definition) is 5. The van der Waals surface area contributed by atoms with E-state index in [1.54, 1.807) is 37.4 Å². The average Bonchev–Trinajstić information content (AvgIpc) is 3.09. The van der Waals surface area contributed by atoms with Gasteiger partial charge >= 0.3 is 6.16 Å². The smallest absolute Gasteiger partial charge is 0.398 e. The molecule has 0 N–H and O–H groups in total. The molecule has 1 atom stereocenters. The van der Waals surface area contributed by atoms with Crippen LogP contribution >= 0.6 is 0 Å². The van der Waals surface area contributed by atoms with Crippen molar-refractivity contribution in [2.45, 2.75) is 33.6 Å². The van der Waals surface area contributed by atoms with Crippen LogP contribution in [0, 0.1) is 31.6 Å². The molecule has 2 aromatic carbocycles. The van der Waals surface area contributed by atoms with Crippen LogP contribution < -0.4 is 4.74 Å². The van der Waals surface area contributed by atoms with Crippen molar-refractivity contribution in [2.24, 2.45) is 5.92 Å². The molecule has 5 nitrogen and oxygen atoms in total. The number of allylic oxidation sites excluding steroid dienone is 2. The van der Waals surface area contributed by atoms with Gasteiger partial charge in [-0.3, -0.25) is 9.78 Å². The summed E-state index contributed by atoms with van der Waals surface area (Å²) in [6.45, 7) is 5.67. The molecule has 1 unspecified atom stereocenters. The van der Waals surface area contributed by atoms with Crippen LogP contribution in [-0.4, -0.2) is 16.9 Å². The third-order valence-corrected chi connectivity index (χ3v) is 5.71. The van der Waals surface area contributed by atoms with Gasteiger partial charge in [0.05, 0.1) is 5.57 Å². The maximum Gasteiger partial charge on any atom is 0.519 e. The number of pyridine rings is 1. The zero-order valence-electron chi connectivity index (χ0n) is 19.4. The van der Waals surface area contributed by atoms with Crippen molar-refractivity contribution in [3.05, 3.63) is 101 Å². The summed E-state index contributed by atoms with van der Waals surface area (Å²) < 4.78 is 11.0. The largest absolute Gasteiger partial charge is 0.519 e. The number of benzene rings is 2. The third kappa shape index (κ3) is 5.07. The van der Waals surface area contributed by atoms with Gasteiger partial charge in [-0.2, -0.15) is 0 Å². The zero-order chi connectivity index (χ0) is 24.1. The molecule has 0 bridgehead atoms. The molecular formula is C29H25NO4. The van der Waals surface area contributed by atoms with Crippen molar-refractivity contribution in [3.63, 3.8) is 0 Å². The van der Waals surface area contributed by atoms with Crippen molar-refractivity contribution < 1.29 is 19.1 Å². The molecule has 4 rings (SSSR count). The van der Waals surface area contributed by atoms with Gasteiger partial charge in [0.1, 0.15) is 11.5 Å². The van der Waals surface area contributed by atoms with Crippen LogP contribution in [-0.2, 0) is 16.0 Å². The van der Waals surface area contributed by atoms with Crippen LogP contribution in [0.25, 0.3) is 5.57 Å². The number of hydrogen-bond donors (Lipinski definition) is 0. The number of nitrogens with zero attached hydrogens (tertiary/aromatic N) is 1. The van der Waals surface area contributed by atoms with Crippen molar-refractivity contribution in [2.75, 3.05) is 0 Å². The van der Waals surface area contributed by atoms with Gasteiger partial charge in [-0.25, -0.2) is 4.79 Å². The van der Waals surface area contributed by atoms with Gasteiger partial charge in [0.15, 0.2) is 5.78 Å². The Hall–Kier alpha value is -4.17. The highest BCUT2D eigenvalue weighted by Gasteiger charge is 2.38. The molecule has 0 aliphatic heterocycles. The number of ether oxygens (including phenoxy) is 2. The number of carbonyl (C=O) groups excluding carboxylic acids is 2. The second kappa shape index (κ2) is 10.2. The van der Waals surface area contributed by atoms with Crippen LogP contribution in [0.15, 0.2) is 72.6 Å².